The number of nitrogens with zero attached hydrogens (tertiary/aromatic N) is 2. The maximum atomic E-state index is 13.4. The summed E-state index contributed by atoms with van der Waals surface area (Å²) < 4.78 is 11.7. The second-order valence-electron chi connectivity index (χ2n) is 8.04. The fraction of sp³-hybridized carbons (Fsp3) is 0.565. The van der Waals surface area contributed by atoms with Gasteiger partial charge in [0.15, 0.2) is 0 Å². The molecule has 30 heavy (non-hydrogen) atoms. The molecule has 4 rings (SSSR count). The van der Waals surface area contributed by atoms with E-state index in [0.717, 1.165) is 52.8 Å². The van der Waals surface area contributed by atoms with Crippen LogP contribution in [0.1, 0.15) is 40.9 Å². The number of hydrogen-bond donors (Lipinski definition) is 0. The summed E-state index contributed by atoms with van der Waals surface area (Å²) in [7, 11) is 1.57. The monoisotopic (exact) mass is 430 g/mol. The summed E-state index contributed by atoms with van der Waals surface area (Å²) in [5, 5.41) is 1.14. The lowest BCUT2D eigenvalue weighted by atomic mass is 9.97. The molecule has 3 heterocycles. The zero-order chi connectivity index (χ0) is 20.9. The highest BCUT2D eigenvalue weighted by Gasteiger charge is 2.30. The molecule has 2 aliphatic rings. The molecule has 6 nitrogen and oxygen atoms in total. The number of carbonyl (C=O) groups is 2. The molecule has 0 saturated carbocycles. The van der Waals surface area contributed by atoms with Crippen LogP contribution in [0.2, 0.25) is 0 Å². The third kappa shape index (κ3) is 4.53. The molecule has 2 fully saturated rings. The second kappa shape index (κ2) is 9.90. The number of benzene rings is 1. The highest BCUT2D eigenvalue weighted by Crippen LogP contribution is 2.35. The van der Waals surface area contributed by atoms with Crippen molar-refractivity contribution >= 4 is 33.2 Å². The number of thiophene rings is 1. The molecule has 1 unspecified atom stereocenters. The normalized spacial score (nSPS) is 20.4. The van der Waals surface area contributed by atoms with Crippen molar-refractivity contribution in [2.75, 3.05) is 46.6 Å². The Morgan fingerprint density at radius 2 is 1.93 bits per heavy atom. The van der Waals surface area contributed by atoms with E-state index in [2.05, 4.69) is 12.1 Å². The van der Waals surface area contributed by atoms with Gasteiger partial charge in [0.1, 0.15) is 6.61 Å². The van der Waals surface area contributed by atoms with Crippen molar-refractivity contribution in [1.29, 1.82) is 0 Å². The van der Waals surface area contributed by atoms with Gasteiger partial charge in [-0.2, -0.15) is 0 Å². The molecule has 2 aromatic rings. The van der Waals surface area contributed by atoms with Crippen LogP contribution in [0.25, 0.3) is 10.1 Å². The van der Waals surface area contributed by atoms with Crippen LogP contribution in [0.4, 0.5) is 0 Å². The van der Waals surface area contributed by atoms with Crippen molar-refractivity contribution in [3.05, 3.63) is 34.7 Å². The van der Waals surface area contributed by atoms with Crippen LogP contribution in [-0.4, -0.2) is 74.2 Å². The van der Waals surface area contributed by atoms with Gasteiger partial charge in [-0.1, -0.05) is 31.0 Å². The molecule has 1 aromatic heterocycles. The Bertz CT molecular complexity index is 890. The molecule has 0 radical (unpaired) electrons. The molecule has 1 atom stereocenters. The van der Waals surface area contributed by atoms with Gasteiger partial charge in [-0.05, 0) is 36.3 Å². The van der Waals surface area contributed by atoms with E-state index in [1.165, 1.54) is 0 Å². The predicted molar refractivity (Wildman–Crippen MR) is 118 cm³/mol. The van der Waals surface area contributed by atoms with Gasteiger partial charge in [0.2, 0.25) is 5.91 Å². The third-order valence-electron chi connectivity index (χ3n) is 6.10. The number of ether oxygens (including phenoxy) is 2. The molecule has 2 amide bonds. The molecule has 1 aromatic carbocycles. The zero-order valence-electron chi connectivity index (χ0n) is 17.6. The van der Waals surface area contributed by atoms with Gasteiger partial charge in [-0.25, -0.2) is 0 Å². The van der Waals surface area contributed by atoms with Crippen molar-refractivity contribution in [2.45, 2.75) is 38.1 Å². The number of likely N-dealkylation sites (tertiary alicyclic amines) is 1. The largest absolute Gasteiger partial charge is 0.378 e. The number of amides is 2. The first-order valence-corrected chi connectivity index (χ1v) is 11.7. The Balaban J connectivity index is 1.67. The average Bonchev–Trinajstić information content (AvgIpc) is 2.97. The van der Waals surface area contributed by atoms with Gasteiger partial charge >= 0.3 is 0 Å². The van der Waals surface area contributed by atoms with Crippen LogP contribution in [-0.2, 0) is 20.7 Å². The Morgan fingerprint density at radius 3 is 2.73 bits per heavy atom. The molecule has 0 N–H and O–H groups in total. The lowest BCUT2D eigenvalue weighted by molar-refractivity contribution is -0.137. The van der Waals surface area contributed by atoms with Crippen LogP contribution in [0.3, 0.4) is 0 Å². The maximum Gasteiger partial charge on any atom is 0.264 e. The first-order chi connectivity index (χ1) is 14.7. The van der Waals surface area contributed by atoms with Crippen molar-refractivity contribution in [1.82, 2.24) is 9.80 Å². The van der Waals surface area contributed by atoms with E-state index in [-0.39, 0.29) is 24.5 Å². The minimum Gasteiger partial charge on any atom is -0.378 e. The van der Waals surface area contributed by atoms with Crippen LogP contribution in [0, 0.1) is 0 Å². The number of fused-ring (bicyclic) bond motifs is 1. The third-order valence-corrected chi connectivity index (χ3v) is 7.30. The van der Waals surface area contributed by atoms with Gasteiger partial charge in [0.25, 0.3) is 5.91 Å². The fourth-order valence-electron chi connectivity index (χ4n) is 4.54. The molecule has 2 saturated heterocycles. The standard InChI is InChI=1S/C23H30N2O4S/c1-28-16-21(26)25-10-6-2-3-7-17(25)15-19-18-8-4-5-9-20(18)30-22(19)23(27)24-11-13-29-14-12-24/h4-5,8-9,17H,2-3,6-7,10-16H2,1H3. The van der Waals surface area contributed by atoms with Gasteiger partial charge in [0.05, 0.1) is 18.1 Å². The molecule has 162 valence electrons. The van der Waals surface area contributed by atoms with Crippen LogP contribution in [0.15, 0.2) is 24.3 Å². The summed E-state index contributed by atoms with van der Waals surface area (Å²) in [4.78, 5) is 30.8. The first kappa shape index (κ1) is 21.3. The molecule has 0 aliphatic carbocycles. The van der Waals surface area contributed by atoms with E-state index in [4.69, 9.17) is 9.47 Å². The quantitative estimate of drug-likeness (QED) is 0.730. The van der Waals surface area contributed by atoms with E-state index in [1.807, 2.05) is 21.9 Å². The number of carbonyl (C=O) groups excluding carboxylic acids is 2. The van der Waals surface area contributed by atoms with E-state index in [9.17, 15) is 9.59 Å². The lowest BCUT2D eigenvalue weighted by Crippen LogP contribution is -2.43. The molecule has 7 heteroatoms. The smallest absolute Gasteiger partial charge is 0.264 e. The Morgan fingerprint density at radius 1 is 1.13 bits per heavy atom. The van der Waals surface area contributed by atoms with Crippen molar-refractivity contribution in [3.8, 4) is 0 Å². The van der Waals surface area contributed by atoms with E-state index in [0.29, 0.717) is 32.7 Å². The van der Waals surface area contributed by atoms with Gasteiger partial charge in [-0.3, -0.25) is 9.59 Å². The Hall–Kier alpha value is -1.96. The fourth-order valence-corrected chi connectivity index (χ4v) is 5.74. The summed E-state index contributed by atoms with van der Waals surface area (Å²) in [5.74, 6) is 0.142. The molecular formula is C23H30N2O4S. The van der Waals surface area contributed by atoms with Crippen molar-refractivity contribution in [3.63, 3.8) is 0 Å². The van der Waals surface area contributed by atoms with Gasteiger partial charge in [0, 0.05) is 37.5 Å². The minimum absolute atomic E-state index is 0.0463. The summed E-state index contributed by atoms with van der Waals surface area (Å²) in [6.07, 6.45) is 4.94. The van der Waals surface area contributed by atoms with E-state index >= 15 is 0 Å². The van der Waals surface area contributed by atoms with Crippen LogP contribution >= 0.6 is 11.3 Å². The lowest BCUT2D eigenvalue weighted by Gasteiger charge is -2.31. The highest BCUT2D eigenvalue weighted by molar-refractivity contribution is 7.21. The number of hydrogen-bond acceptors (Lipinski definition) is 5. The Kier molecular flexibility index (Phi) is 7.02. The minimum atomic E-state index is 0.0463. The zero-order valence-corrected chi connectivity index (χ0v) is 18.4. The summed E-state index contributed by atoms with van der Waals surface area (Å²) in [6.45, 7) is 3.33. The molecular weight excluding hydrogens is 400 g/mol. The summed E-state index contributed by atoms with van der Waals surface area (Å²) in [5.41, 5.74) is 1.09. The average molecular weight is 431 g/mol. The van der Waals surface area contributed by atoms with Gasteiger partial charge < -0.3 is 19.3 Å². The van der Waals surface area contributed by atoms with E-state index in [1.54, 1.807) is 18.4 Å². The summed E-state index contributed by atoms with van der Waals surface area (Å²) in [6, 6.07) is 8.34. The molecule has 0 bridgehead atoms. The SMILES string of the molecule is COCC(=O)N1CCCCCC1Cc1c(C(=O)N2CCOCC2)sc2ccccc12. The molecule has 2 aliphatic heterocycles. The highest BCUT2D eigenvalue weighted by atomic mass is 32.1. The maximum absolute atomic E-state index is 13.4. The molecule has 0 spiro atoms. The second-order valence-corrected chi connectivity index (χ2v) is 9.09. The number of rotatable bonds is 5. The number of morpholine rings is 1. The predicted octanol–water partition coefficient (Wildman–Crippen LogP) is 3.33. The van der Waals surface area contributed by atoms with E-state index < -0.39 is 0 Å². The van der Waals surface area contributed by atoms with Crippen molar-refractivity contribution < 1.29 is 19.1 Å². The Labute approximate surface area is 181 Å². The van der Waals surface area contributed by atoms with Crippen molar-refractivity contribution in [2.24, 2.45) is 0 Å². The van der Waals surface area contributed by atoms with Gasteiger partial charge in [-0.15, -0.1) is 11.3 Å². The van der Waals surface area contributed by atoms with Crippen LogP contribution in [0.5, 0.6) is 0 Å². The number of methoxy groups -OCH3 is 1. The topological polar surface area (TPSA) is 59.1 Å². The first-order valence-electron chi connectivity index (χ1n) is 10.8. The summed E-state index contributed by atoms with van der Waals surface area (Å²) >= 11 is 1.58. The van der Waals surface area contributed by atoms with Crippen LogP contribution < -0.4 is 0 Å².